The van der Waals surface area contributed by atoms with Gasteiger partial charge in [-0.2, -0.15) is 0 Å². The minimum absolute atomic E-state index is 0.113. The molecular formula is C17H21NO5S. The van der Waals surface area contributed by atoms with Gasteiger partial charge in [0.15, 0.2) is 11.5 Å². The molecule has 2 rings (SSSR count). The number of ether oxygens (including phenoxy) is 3. The number of sulfonamides is 1. The van der Waals surface area contributed by atoms with Gasteiger partial charge in [0.25, 0.3) is 0 Å². The van der Waals surface area contributed by atoms with Crippen molar-refractivity contribution in [3.8, 4) is 17.2 Å². The van der Waals surface area contributed by atoms with Crippen LogP contribution in [0.1, 0.15) is 5.56 Å². The van der Waals surface area contributed by atoms with Crippen LogP contribution in [0.4, 0.5) is 0 Å². The summed E-state index contributed by atoms with van der Waals surface area (Å²) in [5, 5.41) is 0. The third kappa shape index (κ3) is 4.39. The van der Waals surface area contributed by atoms with E-state index in [2.05, 4.69) is 4.72 Å². The highest BCUT2D eigenvalue weighted by atomic mass is 32.2. The Balaban J connectivity index is 2.00. The van der Waals surface area contributed by atoms with Gasteiger partial charge in [0, 0.05) is 6.54 Å². The molecule has 1 N–H and O–H groups in total. The molecule has 0 unspecified atom stereocenters. The number of hydrogen-bond acceptors (Lipinski definition) is 5. The van der Waals surface area contributed by atoms with Gasteiger partial charge in [0.05, 0.1) is 14.2 Å². The van der Waals surface area contributed by atoms with Gasteiger partial charge in [-0.15, -0.1) is 0 Å². The lowest BCUT2D eigenvalue weighted by molar-refractivity contribution is 0.298. The van der Waals surface area contributed by atoms with Gasteiger partial charge in [-0.1, -0.05) is 18.2 Å². The molecule has 0 spiro atoms. The minimum atomic E-state index is -3.68. The van der Waals surface area contributed by atoms with Crippen LogP contribution >= 0.6 is 0 Å². The summed E-state index contributed by atoms with van der Waals surface area (Å²) in [6, 6.07) is 12.2. The number of aryl methyl sites for hydroxylation is 1. The van der Waals surface area contributed by atoms with Crippen molar-refractivity contribution in [2.45, 2.75) is 11.8 Å². The van der Waals surface area contributed by atoms with Gasteiger partial charge in [-0.3, -0.25) is 0 Å². The molecule has 2 aromatic rings. The highest BCUT2D eigenvalue weighted by molar-refractivity contribution is 7.89. The van der Waals surface area contributed by atoms with Crippen molar-refractivity contribution >= 4 is 10.0 Å². The van der Waals surface area contributed by atoms with Crippen molar-refractivity contribution in [3.63, 3.8) is 0 Å². The minimum Gasteiger partial charge on any atom is -0.495 e. The summed E-state index contributed by atoms with van der Waals surface area (Å²) < 4.78 is 43.2. The first-order valence-corrected chi connectivity index (χ1v) is 8.86. The van der Waals surface area contributed by atoms with Crippen LogP contribution in [-0.2, 0) is 10.0 Å². The predicted octanol–water partition coefficient (Wildman–Crippen LogP) is 2.37. The van der Waals surface area contributed by atoms with Gasteiger partial charge in [0.1, 0.15) is 17.3 Å². The van der Waals surface area contributed by atoms with E-state index in [-0.39, 0.29) is 18.0 Å². The fraction of sp³-hybridized carbons (Fsp3) is 0.294. The monoisotopic (exact) mass is 351 g/mol. The second-order valence-corrected chi connectivity index (χ2v) is 6.79. The average Bonchev–Trinajstić information content (AvgIpc) is 2.59. The standard InChI is InChI=1S/C17H21NO5S/c1-13-8-9-16(22-3)17(12-13)24(19,20)18-10-11-23-15-7-5-4-6-14(15)21-2/h4-9,12,18H,10-11H2,1-3H3. The highest BCUT2D eigenvalue weighted by Crippen LogP contribution is 2.26. The van der Waals surface area contributed by atoms with Crippen molar-refractivity contribution < 1.29 is 22.6 Å². The van der Waals surface area contributed by atoms with Crippen LogP contribution in [0.3, 0.4) is 0 Å². The summed E-state index contributed by atoms with van der Waals surface area (Å²) in [5.41, 5.74) is 0.835. The molecule has 0 saturated heterocycles. The van der Waals surface area contributed by atoms with E-state index in [1.807, 2.05) is 19.1 Å². The highest BCUT2D eigenvalue weighted by Gasteiger charge is 2.19. The first-order chi connectivity index (χ1) is 11.5. The predicted molar refractivity (Wildman–Crippen MR) is 91.4 cm³/mol. The van der Waals surface area contributed by atoms with Crippen molar-refractivity contribution in [2.24, 2.45) is 0 Å². The van der Waals surface area contributed by atoms with E-state index in [0.717, 1.165) is 5.56 Å². The quantitative estimate of drug-likeness (QED) is 0.739. The summed E-state index contributed by atoms with van der Waals surface area (Å²) in [6.07, 6.45) is 0. The molecule has 0 aliphatic heterocycles. The topological polar surface area (TPSA) is 73.9 Å². The Morgan fingerprint density at radius 1 is 0.958 bits per heavy atom. The van der Waals surface area contributed by atoms with Gasteiger partial charge < -0.3 is 14.2 Å². The fourth-order valence-electron chi connectivity index (χ4n) is 2.15. The Morgan fingerprint density at radius 3 is 2.29 bits per heavy atom. The number of para-hydroxylation sites is 2. The largest absolute Gasteiger partial charge is 0.495 e. The molecular weight excluding hydrogens is 330 g/mol. The molecule has 0 aliphatic carbocycles. The molecule has 0 fully saturated rings. The summed E-state index contributed by atoms with van der Waals surface area (Å²) in [5.74, 6) is 1.46. The summed E-state index contributed by atoms with van der Waals surface area (Å²) >= 11 is 0. The van der Waals surface area contributed by atoms with E-state index < -0.39 is 10.0 Å². The smallest absolute Gasteiger partial charge is 0.244 e. The molecule has 7 heteroatoms. The molecule has 24 heavy (non-hydrogen) atoms. The molecule has 0 aromatic heterocycles. The Hall–Kier alpha value is -2.25. The number of nitrogens with one attached hydrogen (secondary N) is 1. The summed E-state index contributed by atoms with van der Waals surface area (Å²) in [7, 11) is -0.692. The van der Waals surface area contributed by atoms with E-state index in [9.17, 15) is 8.42 Å². The fourth-order valence-corrected chi connectivity index (χ4v) is 3.41. The lowest BCUT2D eigenvalue weighted by Gasteiger charge is -2.13. The van der Waals surface area contributed by atoms with Gasteiger partial charge in [0.2, 0.25) is 10.0 Å². The Kier molecular flexibility index (Phi) is 6.05. The van der Waals surface area contributed by atoms with E-state index >= 15 is 0 Å². The molecule has 0 heterocycles. The van der Waals surface area contributed by atoms with Crippen LogP contribution in [0.25, 0.3) is 0 Å². The van der Waals surface area contributed by atoms with Crippen molar-refractivity contribution in [1.82, 2.24) is 4.72 Å². The van der Waals surface area contributed by atoms with E-state index in [4.69, 9.17) is 14.2 Å². The van der Waals surface area contributed by atoms with Crippen LogP contribution in [0.2, 0.25) is 0 Å². The molecule has 0 bridgehead atoms. The molecule has 0 aliphatic rings. The molecule has 6 nitrogen and oxygen atoms in total. The number of methoxy groups -OCH3 is 2. The third-order valence-electron chi connectivity index (χ3n) is 3.33. The maximum absolute atomic E-state index is 12.4. The Morgan fingerprint density at radius 2 is 1.62 bits per heavy atom. The normalized spacial score (nSPS) is 11.1. The van der Waals surface area contributed by atoms with Gasteiger partial charge in [-0.05, 0) is 36.8 Å². The summed E-state index contributed by atoms with van der Waals surface area (Å²) in [4.78, 5) is 0.113. The zero-order chi connectivity index (χ0) is 17.6. The van der Waals surface area contributed by atoms with Gasteiger partial charge in [-0.25, -0.2) is 13.1 Å². The second kappa shape index (κ2) is 8.03. The maximum atomic E-state index is 12.4. The Bertz CT molecular complexity index is 789. The second-order valence-electron chi connectivity index (χ2n) is 5.05. The third-order valence-corrected chi connectivity index (χ3v) is 4.81. The van der Waals surface area contributed by atoms with Crippen molar-refractivity contribution in [3.05, 3.63) is 48.0 Å². The number of hydrogen-bond donors (Lipinski definition) is 1. The van der Waals surface area contributed by atoms with Crippen molar-refractivity contribution in [2.75, 3.05) is 27.4 Å². The van der Waals surface area contributed by atoms with Crippen LogP contribution in [-0.4, -0.2) is 35.8 Å². The number of rotatable bonds is 8. The molecule has 0 atom stereocenters. The molecule has 0 saturated carbocycles. The molecule has 0 radical (unpaired) electrons. The van der Waals surface area contributed by atoms with Crippen molar-refractivity contribution in [1.29, 1.82) is 0 Å². The maximum Gasteiger partial charge on any atom is 0.244 e. The average molecular weight is 351 g/mol. The first-order valence-electron chi connectivity index (χ1n) is 7.38. The van der Waals surface area contributed by atoms with Crippen LogP contribution < -0.4 is 18.9 Å². The van der Waals surface area contributed by atoms with E-state index in [1.54, 1.807) is 37.4 Å². The first kappa shape index (κ1) is 18.1. The van der Waals surface area contributed by atoms with Crippen LogP contribution in [0.5, 0.6) is 17.2 Å². The molecule has 130 valence electrons. The van der Waals surface area contributed by atoms with Crippen LogP contribution in [0, 0.1) is 6.92 Å². The lowest BCUT2D eigenvalue weighted by Crippen LogP contribution is -2.28. The SMILES string of the molecule is COc1ccccc1OCCNS(=O)(=O)c1cc(C)ccc1OC. The Labute approximate surface area is 142 Å². The molecule has 0 amide bonds. The van der Waals surface area contributed by atoms with E-state index in [0.29, 0.717) is 17.2 Å². The molecule has 2 aromatic carbocycles. The van der Waals surface area contributed by atoms with Gasteiger partial charge >= 0.3 is 0 Å². The zero-order valence-electron chi connectivity index (χ0n) is 13.9. The zero-order valence-corrected chi connectivity index (χ0v) is 14.7. The van der Waals surface area contributed by atoms with Crippen LogP contribution in [0.15, 0.2) is 47.4 Å². The number of benzene rings is 2. The van der Waals surface area contributed by atoms with E-state index in [1.165, 1.54) is 7.11 Å². The summed E-state index contributed by atoms with van der Waals surface area (Å²) in [6.45, 7) is 2.12. The lowest BCUT2D eigenvalue weighted by atomic mass is 10.2.